The van der Waals surface area contributed by atoms with Gasteiger partial charge in [-0.2, -0.15) is 0 Å². The van der Waals surface area contributed by atoms with Crippen LogP contribution in [0.1, 0.15) is 20.7 Å². The molecule has 1 aliphatic rings. The monoisotopic (exact) mass is 346 g/mol. The van der Waals surface area contributed by atoms with Crippen molar-refractivity contribution in [2.75, 3.05) is 6.61 Å². The predicted octanol–water partition coefficient (Wildman–Crippen LogP) is 0.708. The van der Waals surface area contributed by atoms with E-state index in [1.165, 1.54) is 24.3 Å². The van der Waals surface area contributed by atoms with E-state index >= 15 is 0 Å². The molecule has 1 atom stereocenters. The van der Waals surface area contributed by atoms with Crippen LogP contribution in [0.4, 0.5) is 0 Å². The molecule has 2 aromatic rings. The molecule has 0 aromatic heterocycles. The molecule has 2 aromatic carbocycles. The molecule has 24 heavy (non-hydrogen) atoms. The molecule has 1 heterocycles. The van der Waals surface area contributed by atoms with Gasteiger partial charge in [-0.15, -0.1) is 0 Å². The lowest BCUT2D eigenvalue weighted by atomic mass is 10.0. The second-order valence-electron chi connectivity index (χ2n) is 5.27. The van der Waals surface area contributed by atoms with E-state index < -0.39 is 22.0 Å². The van der Waals surface area contributed by atoms with Crippen molar-refractivity contribution in [3.8, 4) is 5.75 Å². The molecule has 0 radical (unpaired) electrons. The van der Waals surface area contributed by atoms with Gasteiger partial charge in [0.1, 0.15) is 18.4 Å². The highest BCUT2D eigenvalue weighted by molar-refractivity contribution is 7.89. The Morgan fingerprint density at radius 1 is 1.12 bits per heavy atom. The van der Waals surface area contributed by atoms with Gasteiger partial charge in [-0.25, -0.2) is 13.6 Å². The topological polar surface area (TPSA) is 116 Å². The van der Waals surface area contributed by atoms with Crippen LogP contribution in [0, 0.1) is 0 Å². The fourth-order valence-corrected chi connectivity index (χ4v) is 2.89. The van der Waals surface area contributed by atoms with Gasteiger partial charge in [-0.05, 0) is 36.4 Å². The molecule has 0 saturated carbocycles. The number of nitrogens with two attached hydrogens (primary N) is 1. The van der Waals surface area contributed by atoms with Crippen molar-refractivity contribution in [2.45, 2.75) is 10.9 Å². The van der Waals surface area contributed by atoms with Gasteiger partial charge in [-0.1, -0.05) is 12.1 Å². The number of ketones is 1. The zero-order valence-electron chi connectivity index (χ0n) is 12.4. The lowest BCUT2D eigenvalue weighted by Gasteiger charge is -2.24. The molecular formula is C16H14N2O5S. The van der Waals surface area contributed by atoms with E-state index in [4.69, 9.17) is 9.88 Å². The van der Waals surface area contributed by atoms with Crippen molar-refractivity contribution in [2.24, 2.45) is 5.14 Å². The van der Waals surface area contributed by atoms with Gasteiger partial charge >= 0.3 is 0 Å². The summed E-state index contributed by atoms with van der Waals surface area (Å²) in [5.41, 5.74) is 0.632. The molecule has 0 spiro atoms. The number of ether oxygens (including phenoxy) is 1. The van der Waals surface area contributed by atoms with Gasteiger partial charge in [-0.3, -0.25) is 9.59 Å². The first-order valence-corrected chi connectivity index (χ1v) is 8.60. The number of carbonyl (C=O) groups is 2. The summed E-state index contributed by atoms with van der Waals surface area (Å²) in [6.07, 6.45) is 0. The number of hydrogen-bond acceptors (Lipinski definition) is 5. The Bertz CT molecular complexity index is 906. The third-order valence-corrected chi connectivity index (χ3v) is 4.55. The summed E-state index contributed by atoms with van der Waals surface area (Å²) in [4.78, 5) is 24.5. The summed E-state index contributed by atoms with van der Waals surface area (Å²) in [5, 5.41) is 7.60. The Labute approximate surface area is 138 Å². The van der Waals surface area contributed by atoms with E-state index in [0.29, 0.717) is 11.3 Å². The number of carbonyl (C=O) groups excluding carboxylic acids is 2. The van der Waals surface area contributed by atoms with Crippen LogP contribution in [0.5, 0.6) is 5.75 Å². The summed E-state index contributed by atoms with van der Waals surface area (Å²) in [7, 11) is -3.82. The molecule has 0 bridgehead atoms. The quantitative estimate of drug-likeness (QED) is 0.849. The first-order chi connectivity index (χ1) is 11.4. The molecule has 124 valence electrons. The molecule has 0 saturated heterocycles. The van der Waals surface area contributed by atoms with Crippen LogP contribution < -0.4 is 15.2 Å². The first kappa shape index (κ1) is 16.2. The minimum Gasteiger partial charge on any atom is -0.490 e. The Kier molecular flexibility index (Phi) is 4.08. The lowest BCUT2D eigenvalue weighted by molar-refractivity contribution is 0.0795. The average molecular weight is 346 g/mol. The van der Waals surface area contributed by atoms with Gasteiger partial charge in [0.2, 0.25) is 10.0 Å². The Morgan fingerprint density at radius 3 is 2.46 bits per heavy atom. The van der Waals surface area contributed by atoms with Crippen LogP contribution in [0.3, 0.4) is 0 Å². The Balaban J connectivity index is 1.75. The summed E-state index contributed by atoms with van der Waals surface area (Å²) in [6, 6.07) is 11.1. The Morgan fingerprint density at radius 2 is 1.79 bits per heavy atom. The fraction of sp³-hybridized carbons (Fsp3) is 0.125. The summed E-state index contributed by atoms with van der Waals surface area (Å²) in [5.74, 6) is -0.242. The van der Waals surface area contributed by atoms with Crippen LogP contribution in [0.2, 0.25) is 0 Å². The maximum absolute atomic E-state index is 12.4. The second kappa shape index (κ2) is 6.06. The fourth-order valence-electron chi connectivity index (χ4n) is 2.38. The molecule has 0 fully saturated rings. The SMILES string of the molecule is NS(=O)(=O)c1ccc(C(=O)N[C@@H]2COc3ccccc3C2=O)cc1. The zero-order chi connectivity index (χ0) is 17.3. The van der Waals surface area contributed by atoms with Crippen molar-refractivity contribution < 1.29 is 22.7 Å². The van der Waals surface area contributed by atoms with Crippen molar-refractivity contribution in [1.82, 2.24) is 5.32 Å². The number of hydrogen-bond donors (Lipinski definition) is 2. The number of amides is 1. The van der Waals surface area contributed by atoms with Crippen LogP contribution in [0.25, 0.3) is 0 Å². The van der Waals surface area contributed by atoms with Crippen molar-refractivity contribution >= 4 is 21.7 Å². The lowest BCUT2D eigenvalue weighted by Crippen LogP contribution is -2.47. The predicted molar refractivity (Wildman–Crippen MR) is 85.3 cm³/mol. The van der Waals surface area contributed by atoms with Gasteiger partial charge in [0.25, 0.3) is 5.91 Å². The van der Waals surface area contributed by atoms with Crippen LogP contribution >= 0.6 is 0 Å². The van der Waals surface area contributed by atoms with Gasteiger partial charge in [0, 0.05) is 5.56 Å². The molecule has 8 heteroatoms. The molecule has 1 amide bonds. The molecule has 0 unspecified atom stereocenters. The van der Waals surface area contributed by atoms with Crippen molar-refractivity contribution in [1.29, 1.82) is 0 Å². The third kappa shape index (κ3) is 3.15. The van der Waals surface area contributed by atoms with E-state index in [-0.39, 0.29) is 22.8 Å². The smallest absolute Gasteiger partial charge is 0.251 e. The summed E-state index contributed by atoms with van der Waals surface area (Å²) >= 11 is 0. The number of fused-ring (bicyclic) bond motifs is 1. The van der Waals surface area contributed by atoms with E-state index in [0.717, 1.165) is 0 Å². The number of benzene rings is 2. The largest absolute Gasteiger partial charge is 0.490 e. The number of primary sulfonamides is 1. The number of sulfonamides is 1. The molecule has 3 N–H and O–H groups in total. The number of para-hydroxylation sites is 1. The highest BCUT2D eigenvalue weighted by Crippen LogP contribution is 2.24. The summed E-state index contributed by atoms with van der Waals surface area (Å²) in [6.45, 7) is 0.0385. The van der Waals surface area contributed by atoms with Gasteiger partial charge in [0.05, 0.1) is 10.5 Å². The van der Waals surface area contributed by atoms with E-state index in [1.54, 1.807) is 24.3 Å². The Hall–Kier alpha value is -2.71. The highest BCUT2D eigenvalue weighted by atomic mass is 32.2. The zero-order valence-corrected chi connectivity index (χ0v) is 13.2. The minimum atomic E-state index is -3.82. The van der Waals surface area contributed by atoms with Crippen molar-refractivity contribution in [3.63, 3.8) is 0 Å². The van der Waals surface area contributed by atoms with E-state index in [2.05, 4.69) is 5.32 Å². The normalized spacial score (nSPS) is 16.9. The summed E-state index contributed by atoms with van der Waals surface area (Å²) < 4.78 is 27.9. The molecule has 1 aliphatic heterocycles. The van der Waals surface area contributed by atoms with Crippen LogP contribution in [-0.2, 0) is 10.0 Å². The second-order valence-corrected chi connectivity index (χ2v) is 6.83. The van der Waals surface area contributed by atoms with Gasteiger partial charge in [0.15, 0.2) is 5.78 Å². The van der Waals surface area contributed by atoms with Crippen LogP contribution in [0.15, 0.2) is 53.4 Å². The van der Waals surface area contributed by atoms with E-state index in [1.807, 2.05) is 0 Å². The maximum atomic E-state index is 12.4. The number of Topliss-reactive ketones (excluding diaryl/α,β-unsaturated/α-hetero) is 1. The van der Waals surface area contributed by atoms with Crippen molar-refractivity contribution in [3.05, 3.63) is 59.7 Å². The minimum absolute atomic E-state index is 0.0385. The molecule has 3 rings (SSSR count). The standard InChI is InChI=1S/C16H14N2O5S/c17-24(21,22)11-7-5-10(6-8-11)16(20)18-13-9-23-14-4-2-1-3-12(14)15(13)19/h1-8,13H,9H2,(H,18,20)(H2,17,21,22)/t13-/m1/s1. The third-order valence-electron chi connectivity index (χ3n) is 3.62. The maximum Gasteiger partial charge on any atom is 0.251 e. The average Bonchev–Trinajstić information content (AvgIpc) is 2.57. The first-order valence-electron chi connectivity index (χ1n) is 7.06. The van der Waals surface area contributed by atoms with Crippen LogP contribution in [-0.4, -0.2) is 32.8 Å². The molecule has 7 nitrogen and oxygen atoms in total. The molecule has 0 aliphatic carbocycles. The molecular weight excluding hydrogens is 332 g/mol. The number of nitrogens with one attached hydrogen (secondary N) is 1. The van der Waals surface area contributed by atoms with E-state index in [9.17, 15) is 18.0 Å². The highest BCUT2D eigenvalue weighted by Gasteiger charge is 2.30. The van der Waals surface area contributed by atoms with Gasteiger partial charge < -0.3 is 10.1 Å². The number of rotatable bonds is 3.